The van der Waals surface area contributed by atoms with E-state index in [0.29, 0.717) is 30.4 Å². The van der Waals surface area contributed by atoms with Crippen LogP contribution in [-0.4, -0.2) is 33.7 Å². The van der Waals surface area contributed by atoms with Crippen molar-refractivity contribution in [3.63, 3.8) is 0 Å². The van der Waals surface area contributed by atoms with Crippen LogP contribution < -0.4 is 5.73 Å². The summed E-state index contributed by atoms with van der Waals surface area (Å²) in [5.74, 6) is 0. The highest BCUT2D eigenvalue weighted by molar-refractivity contribution is 7.09. The molecule has 1 saturated heterocycles. The summed E-state index contributed by atoms with van der Waals surface area (Å²) in [7, 11) is 0. The molecule has 2 rings (SSSR count). The van der Waals surface area contributed by atoms with Gasteiger partial charge in [0.05, 0.1) is 13.1 Å². The third-order valence-corrected chi connectivity index (χ3v) is 2.37. The number of cyclic esters (lactones) is 1. The first kappa shape index (κ1) is 8.24. The third kappa shape index (κ3) is 1.55. The lowest BCUT2D eigenvalue weighted by molar-refractivity contribution is 0.157. The van der Waals surface area contributed by atoms with Crippen LogP contribution in [0.1, 0.15) is 5.69 Å². The average molecular weight is 200 g/mol. The van der Waals surface area contributed by atoms with E-state index in [9.17, 15) is 4.79 Å². The maximum absolute atomic E-state index is 11.0. The van der Waals surface area contributed by atoms with Crippen molar-refractivity contribution in [2.24, 2.45) is 0 Å². The van der Waals surface area contributed by atoms with Gasteiger partial charge in [-0.15, -0.1) is 5.10 Å². The fourth-order valence-corrected chi connectivity index (χ4v) is 1.51. The second-order valence-corrected chi connectivity index (χ2v) is 3.41. The molecule has 1 aliphatic rings. The van der Waals surface area contributed by atoms with Crippen molar-refractivity contribution in [3.05, 3.63) is 5.69 Å². The summed E-state index contributed by atoms with van der Waals surface area (Å²) in [5, 5.41) is 4.36. The van der Waals surface area contributed by atoms with Gasteiger partial charge in [0.15, 0.2) is 0 Å². The number of carbonyl (C=O) groups excluding carboxylic acids is 1. The summed E-state index contributed by atoms with van der Waals surface area (Å²) in [6, 6.07) is 0. The first-order valence-electron chi connectivity index (χ1n) is 3.76. The molecule has 70 valence electrons. The lowest BCUT2D eigenvalue weighted by Crippen LogP contribution is -2.24. The van der Waals surface area contributed by atoms with Crippen molar-refractivity contribution < 1.29 is 9.53 Å². The van der Waals surface area contributed by atoms with Gasteiger partial charge in [0.25, 0.3) is 0 Å². The van der Waals surface area contributed by atoms with Crippen LogP contribution >= 0.6 is 11.5 Å². The molecular weight excluding hydrogens is 192 g/mol. The van der Waals surface area contributed by atoms with E-state index in [0.717, 1.165) is 11.5 Å². The molecule has 1 amide bonds. The number of amides is 1. The zero-order valence-electron chi connectivity index (χ0n) is 6.77. The number of ether oxygens (including phenoxy) is 1. The Labute approximate surface area is 78.4 Å². The van der Waals surface area contributed by atoms with Crippen molar-refractivity contribution in [1.82, 2.24) is 14.5 Å². The van der Waals surface area contributed by atoms with Crippen LogP contribution in [0.4, 0.5) is 9.80 Å². The smallest absolute Gasteiger partial charge is 0.410 e. The Morgan fingerprint density at radius 3 is 3.08 bits per heavy atom. The highest BCUT2D eigenvalue weighted by Crippen LogP contribution is 2.16. The maximum Gasteiger partial charge on any atom is 0.410 e. The molecule has 0 aromatic carbocycles. The number of carbonyl (C=O) groups is 1. The van der Waals surface area contributed by atoms with Crippen LogP contribution in [0.5, 0.6) is 0 Å². The Hall–Kier alpha value is -1.37. The fourth-order valence-electron chi connectivity index (χ4n) is 1.08. The normalized spacial score (nSPS) is 16.3. The maximum atomic E-state index is 11.0. The minimum Gasteiger partial charge on any atom is -0.448 e. The van der Waals surface area contributed by atoms with Gasteiger partial charge in [0.2, 0.25) is 0 Å². The zero-order valence-corrected chi connectivity index (χ0v) is 7.58. The predicted octanol–water partition coefficient (Wildman–Crippen LogP) is 0.0725. The number of hydrogen-bond donors (Lipinski definition) is 1. The number of nitrogens with two attached hydrogens (primary N) is 1. The monoisotopic (exact) mass is 200 g/mol. The van der Waals surface area contributed by atoms with E-state index in [4.69, 9.17) is 10.5 Å². The van der Waals surface area contributed by atoms with E-state index in [2.05, 4.69) is 9.59 Å². The molecular formula is C6H8N4O2S. The molecule has 0 saturated carbocycles. The number of nitrogen functional groups attached to an aromatic ring is 1. The van der Waals surface area contributed by atoms with Crippen LogP contribution in [0.25, 0.3) is 0 Å². The summed E-state index contributed by atoms with van der Waals surface area (Å²) in [6.45, 7) is 1.42. The number of rotatable bonds is 2. The van der Waals surface area contributed by atoms with E-state index in [1.54, 1.807) is 4.90 Å². The van der Waals surface area contributed by atoms with Crippen LogP contribution in [0.2, 0.25) is 0 Å². The largest absolute Gasteiger partial charge is 0.448 e. The molecule has 1 aliphatic heterocycles. The van der Waals surface area contributed by atoms with Crippen molar-refractivity contribution >= 4 is 22.6 Å². The van der Waals surface area contributed by atoms with E-state index in [1.807, 2.05) is 0 Å². The van der Waals surface area contributed by atoms with Crippen LogP contribution in [0.15, 0.2) is 0 Å². The summed E-state index contributed by atoms with van der Waals surface area (Å²) >= 11 is 1.13. The lowest BCUT2D eigenvalue weighted by atomic mass is 10.4. The molecule has 13 heavy (non-hydrogen) atoms. The van der Waals surface area contributed by atoms with Crippen molar-refractivity contribution in [3.8, 4) is 0 Å². The van der Waals surface area contributed by atoms with Crippen LogP contribution in [0, 0.1) is 0 Å². The second-order valence-electron chi connectivity index (χ2n) is 2.62. The summed E-state index contributed by atoms with van der Waals surface area (Å²) < 4.78 is 8.43. The van der Waals surface area contributed by atoms with E-state index in [-0.39, 0.29) is 6.09 Å². The molecule has 6 nitrogen and oxygen atoms in total. The fraction of sp³-hybridized carbons (Fsp3) is 0.500. The highest BCUT2D eigenvalue weighted by Gasteiger charge is 2.23. The van der Waals surface area contributed by atoms with Gasteiger partial charge in [-0.25, -0.2) is 4.79 Å². The van der Waals surface area contributed by atoms with Gasteiger partial charge in [-0.3, -0.25) is 4.90 Å². The van der Waals surface area contributed by atoms with Gasteiger partial charge in [-0.1, -0.05) is 4.49 Å². The second kappa shape index (κ2) is 3.17. The minimum atomic E-state index is -0.313. The van der Waals surface area contributed by atoms with Gasteiger partial charge in [0.1, 0.15) is 17.3 Å². The number of anilines is 1. The van der Waals surface area contributed by atoms with Crippen molar-refractivity contribution in [1.29, 1.82) is 0 Å². The molecule has 7 heteroatoms. The predicted molar refractivity (Wildman–Crippen MR) is 46.1 cm³/mol. The Bertz CT molecular complexity index is 326. The molecule has 1 fully saturated rings. The van der Waals surface area contributed by atoms with E-state index in [1.165, 1.54) is 0 Å². The topological polar surface area (TPSA) is 81.3 Å². The Kier molecular flexibility index (Phi) is 2.01. The van der Waals surface area contributed by atoms with Gasteiger partial charge in [-0.2, -0.15) is 0 Å². The van der Waals surface area contributed by atoms with Gasteiger partial charge in [-0.05, 0) is 0 Å². The standard InChI is InChI=1S/C6H8N4O2S/c7-5-4(8-9-13-5)3-10-1-2-12-6(10)11/h1-3,7H2. The first-order valence-corrected chi connectivity index (χ1v) is 4.53. The molecule has 2 heterocycles. The van der Waals surface area contributed by atoms with Gasteiger partial charge >= 0.3 is 6.09 Å². The number of hydrogen-bond acceptors (Lipinski definition) is 6. The number of nitrogens with zero attached hydrogens (tertiary/aromatic N) is 3. The Morgan fingerprint density at radius 1 is 1.69 bits per heavy atom. The third-order valence-electron chi connectivity index (χ3n) is 1.77. The van der Waals surface area contributed by atoms with Crippen molar-refractivity contribution in [2.75, 3.05) is 18.9 Å². The van der Waals surface area contributed by atoms with E-state index < -0.39 is 0 Å². The highest BCUT2D eigenvalue weighted by atomic mass is 32.1. The van der Waals surface area contributed by atoms with E-state index >= 15 is 0 Å². The molecule has 0 spiro atoms. The minimum absolute atomic E-state index is 0.313. The zero-order chi connectivity index (χ0) is 9.26. The summed E-state index contributed by atoms with van der Waals surface area (Å²) in [4.78, 5) is 12.6. The molecule has 0 unspecified atom stereocenters. The summed E-state index contributed by atoms with van der Waals surface area (Å²) in [6.07, 6.45) is -0.313. The molecule has 0 radical (unpaired) electrons. The molecule has 2 N–H and O–H groups in total. The Balaban J connectivity index is 2.06. The van der Waals surface area contributed by atoms with Gasteiger partial charge < -0.3 is 10.5 Å². The van der Waals surface area contributed by atoms with Crippen LogP contribution in [-0.2, 0) is 11.3 Å². The van der Waals surface area contributed by atoms with Crippen LogP contribution in [0.3, 0.4) is 0 Å². The average Bonchev–Trinajstić information content (AvgIpc) is 2.65. The molecule has 0 atom stereocenters. The summed E-state index contributed by atoms with van der Waals surface area (Å²) in [5.41, 5.74) is 6.22. The molecule has 1 aromatic rings. The number of aromatic nitrogens is 2. The SMILES string of the molecule is Nc1snnc1CN1CCOC1=O. The first-order chi connectivity index (χ1) is 6.27. The molecule has 0 aliphatic carbocycles. The quantitative estimate of drug-likeness (QED) is 0.730. The Morgan fingerprint density at radius 2 is 2.54 bits per heavy atom. The van der Waals surface area contributed by atoms with Gasteiger partial charge in [0, 0.05) is 11.5 Å². The lowest BCUT2D eigenvalue weighted by Gasteiger charge is -2.09. The molecule has 1 aromatic heterocycles. The van der Waals surface area contributed by atoms with Crippen molar-refractivity contribution in [2.45, 2.75) is 6.54 Å². The molecule has 0 bridgehead atoms.